The molecule has 4 heterocycles. The number of nitro benzene ring substituents is 1. The van der Waals surface area contributed by atoms with E-state index in [4.69, 9.17) is 0 Å². The first kappa shape index (κ1) is 17.7. The quantitative estimate of drug-likeness (QED) is 0.299. The molecule has 0 saturated carbocycles. The van der Waals surface area contributed by atoms with Crippen LogP contribution in [0.15, 0.2) is 64.1 Å². The zero-order valence-corrected chi connectivity index (χ0v) is 16.9. The Morgan fingerprint density at radius 2 is 2.00 bits per heavy atom. The number of pyridine rings is 1. The SMILES string of the molecule is O=c1/c(=C/c2cccn2-c2ccc([N+](=O)[O-])cc2)sc2nc3cc(Br)cnc3n12. The molecule has 0 N–H and O–H groups in total. The van der Waals surface area contributed by atoms with E-state index in [-0.39, 0.29) is 11.2 Å². The number of fused-ring (bicyclic) bond motifs is 3. The van der Waals surface area contributed by atoms with Crippen molar-refractivity contribution < 1.29 is 4.92 Å². The maximum absolute atomic E-state index is 12.9. The first-order valence-corrected chi connectivity index (χ1v) is 10.0. The molecule has 0 atom stereocenters. The average Bonchev–Trinajstić information content (AvgIpc) is 3.37. The third kappa shape index (κ3) is 2.93. The summed E-state index contributed by atoms with van der Waals surface area (Å²) in [6, 6.07) is 11.8. The van der Waals surface area contributed by atoms with Gasteiger partial charge in [0.05, 0.1) is 9.46 Å². The van der Waals surface area contributed by atoms with E-state index >= 15 is 0 Å². The minimum Gasteiger partial charge on any atom is -0.317 e. The number of nitro groups is 1. The highest BCUT2D eigenvalue weighted by atomic mass is 79.9. The van der Waals surface area contributed by atoms with Crippen LogP contribution in [0.25, 0.3) is 27.9 Å². The van der Waals surface area contributed by atoms with Crippen molar-refractivity contribution in [2.24, 2.45) is 0 Å². The van der Waals surface area contributed by atoms with Crippen molar-refractivity contribution in [3.63, 3.8) is 0 Å². The van der Waals surface area contributed by atoms with Crippen molar-refractivity contribution in [3.05, 3.63) is 90.0 Å². The van der Waals surface area contributed by atoms with Crippen LogP contribution in [0.1, 0.15) is 5.69 Å². The van der Waals surface area contributed by atoms with E-state index < -0.39 is 4.92 Å². The molecule has 1 aromatic carbocycles. The molecule has 0 unspecified atom stereocenters. The molecule has 0 saturated heterocycles. The largest absolute Gasteiger partial charge is 0.317 e. The number of benzene rings is 1. The predicted molar refractivity (Wildman–Crippen MR) is 114 cm³/mol. The van der Waals surface area contributed by atoms with Gasteiger partial charge in [-0.25, -0.2) is 14.4 Å². The van der Waals surface area contributed by atoms with E-state index in [1.54, 1.807) is 24.4 Å². The first-order chi connectivity index (χ1) is 14.0. The number of halogens is 1. The fourth-order valence-electron chi connectivity index (χ4n) is 3.13. The van der Waals surface area contributed by atoms with Crippen LogP contribution in [0.5, 0.6) is 0 Å². The minimum absolute atomic E-state index is 0.0266. The Labute approximate surface area is 174 Å². The van der Waals surface area contributed by atoms with Gasteiger partial charge in [0.25, 0.3) is 11.2 Å². The molecule has 0 bridgehead atoms. The number of hydrogen-bond acceptors (Lipinski definition) is 6. The average molecular weight is 468 g/mol. The second-order valence-electron chi connectivity index (χ2n) is 6.22. The van der Waals surface area contributed by atoms with Crippen molar-refractivity contribution in [1.82, 2.24) is 18.9 Å². The van der Waals surface area contributed by atoms with E-state index in [9.17, 15) is 14.9 Å². The Morgan fingerprint density at radius 1 is 1.21 bits per heavy atom. The van der Waals surface area contributed by atoms with Gasteiger partial charge in [-0.15, -0.1) is 0 Å². The van der Waals surface area contributed by atoms with Gasteiger partial charge in [0.15, 0.2) is 10.6 Å². The van der Waals surface area contributed by atoms with Gasteiger partial charge >= 0.3 is 0 Å². The minimum atomic E-state index is -0.436. The first-order valence-electron chi connectivity index (χ1n) is 8.42. The lowest BCUT2D eigenvalue weighted by Crippen LogP contribution is -2.23. The Morgan fingerprint density at radius 3 is 2.76 bits per heavy atom. The third-order valence-corrected chi connectivity index (χ3v) is 5.85. The van der Waals surface area contributed by atoms with Crippen molar-refractivity contribution in [2.45, 2.75) is 0 Å². The molecule has 8 nitrogen and oxygen atoms in total. The van der Waals surface area contributed by atoms with Crippen LogP contribution in [0, 0.1) is 10.1 Å². The molecule has 0 amide bonds. The van der Waals surface area contributed by atoms with Crippen LogP contribution in [0.4, 0.5) is 5.69 Å². The fourth-order valence-corrected chi connectivity index (χ4v) is 4.41. The van der Waals surface area contributed by atoms with Crippen molar-refractivity contribution in [3.8, 4) is 5.69 Å². The normalized spacial score (nSPS) is 12.2. The van der Waals surface area contributed by atoms with E-state index in [0.29, 0.717) is 20.7 Å². The van der Waals surface area contributed by atoms with E-state index in [0.717, 1.165) is 15.9 Å². The summed E-state index contributed by atoms with van der Waals surface area (Å²) in [5.74, 6) is 0. The maximum Gasteiger partial charge on any atom is 0.276 e. The highest BCUT2D eigenvalue weighted by Gasteiger charge is 2.13. The van der Waals surface area contributed by atoms with Gasteiger partial charge in [-0.05, 0) is 52.3 Å². The lowest BCUT2D eigenvalue weighted by Gasteiger charge is -2.05. The van der Waals surface area contributed by atoms with Crippen LogP contribution in [-0.2, 0) is 0 Å². The second kappa shape index (κ2) is 6.61. The standard InChI is InChI=1S/C19H10BrN5O3S/c20-11-8-15-17(21-10-11)24-18(26)16(29-19(24)22-15)9-14-2-1-7-23(14)12-3-5-13(6-4-12)25(27)28/h1-10H/b16-9-. The van der Waals surface area contributed by atoms with Gasteiger partial charge in [0, 0.05) is 40.4 Å². The van der Waals surface area contributed by atoms with Crippen LogP contribution in [0.2, 0.25) is 0 Å². The van der Waals surface area contributed by atoms with E-state index in [1.165, 1.54) is 27.9 Å². The summed E-state index contributed by atoms with van der Waals surface area (Å²) in [6.45, 7) is 0. The molecule has 5 aromatic rings. The van der Waals surface area contributed by atoms with Crippen LogP contribution in [-0.4, -0.2) is 23.9 Å². The van der Waals surface area contributed by atoms with Gasteiger partial charge in [0.2, 0.25) is 0 Å². The second-order valence-corrected chi connectivity index (χ2v) is 8.14. The molecule has 0 aliphatic heterocycles. The number of thiazole rings is 1. The lowest BCUT2D eigenvalue weighted by molar-refractivity contribution is -0.384. The topological polar surface area (TPSA) is 95.3 Å². The summed E-state index contributed by atoms with van der Waals surface area (Å²) in [5, 5.41) is 10.9. The molecule has 0 aliphatic carbocycles. The summed E-state index contributed by atoms with van der Waals surface area (Å²) < 4.78 is 4.70. The van der Waals surface area contributed by atoms with Crippen LogP contribution in [0.3, 0.4) is 0 Å². The molecule has 29 heavy (non-hydrogen) atoms. The Bertz CT molecular complexity index is 1520. The van der Waals surface area contributed by atoms with Gasteiger partial charge in [0.1, 0.15) is 5.52 Å². The smallest absolute Gasteiger partial charge is 0.276 e. The highest BCUT2D eigenvalue weighted by molar-refractivity contribution is 9.10. The molecular weight excluding hydrogens is 458 g/mol. The highest BCUT2D eigenvalue weighted by Crippen LogP contribution is 2.20. The fraction of sp³-hybridized carbons (Fsp3) is 0. The molecule has 0 spiro atoms. The zero-order valence-electron chi connectivity index (χ0n) is 14.5. The van der Waals surface area contributed by atoms with Gasteiger partial charge < -0.3 is 4.57 Å². The number of imidazole rings is 1. The number of non-ortho nitro benzene ring substituents is 1. The Hall–Kier alpha value is -3.37. The van der Waals surface area contributed by atoms with Crippen molar-refractivity contribution in [1.29, 1.82) is 0 Å². The van der Waals surface area contributed by atoms with Crippen LogP contribution < -0.4 is 10.1 Å². The molecule has 4 aromatic heterocycles. The van der Waals surface area contributed by atoms with Gasteiger partial charge in [-0.2, -0.15) is 0 Å². The summed E-state index contributed by atoms with van der Waals surface area (Å²) in [6.07, 6.45) is 5.26. The maximum atomic E-state index is 12.9. The lowest BCUT2D eigenvalue weighted by atomic mass is 10.2. The third-order valence-electron chi connectivity index (χ3n) is 4.45. The number of hydrogen-bond donors (Lipinski definition) is 0. The number of rotatable bonds is 3. The molecular formula is C19H10BrN5O3S. The van der Waals surface area contributed by atoms with Crippen molar-refractivity contribution in [2.75, 3.05) is 0 Å². The molecule has 10 heteroatoms. The summed E-state index contributed by atoms with van der Waals surface area (Å²) in [7, 11) is 0. The Kier molecular flexibility index (Phi) is 4.03. The summed E-state index contributed by atoms with van der Waals surface area (Å²) in [5.41, 5.74) is 2.56. The molecule has 142 valence electrons. The molecule has 0 aliphatic rings. The van der Waals surface area contributed by atoms with Gasteiger partial charge in [-0.3, -0.25) is 14.9 Å². The van der Waals surface area contributed by atoms with Crippen molar-refractivity contribution >= 4 is 55.2 Å². The predicted octanol–water partition coefficient (Wildman–Crippen LogP) is 3.31. The summed E-state index contributed by atoms with van der Waals surface area (Å²) >= 11 is 4.65. The molecule has 0 radical (unpaired) electrons. The molecule has 5 rings (SSSR count). The zero-order chi connectivity index (χ0) is 20.1. The van der Waals surface area contributed by atoms with Crippen LogP contribution >= 0.6 is 27.3 Å². The van der Waals surface area contributed by atoms with E-state index in [1.807, 2.05) is 29.0 Å². The monoisotopic (exact) mass is 467 g/mol. The number of aromatic nitrogens is 4. The molecule has 0 fully saturated rings. The summed E-state index contributed by atoms with van der Waals surface area (Å²) in [4.78, 5) is 32.8. The van der Waals surface area contributed by atoms with Gasteiger partial charge in [-0.1, -0.05) is 11.3 Å². The number of nitrogens with zero attached hydrogens (tertiary/aromatic N) is 5. The Balaban J connectivity index is 1.64. The van der Waals surface area contributed by atoms with E-state index in [2.05, 4.69) is 25.9 Å².